The Labute approximate surface area is 177 Å². The molecule has 0 bridgehead atoms. The van der Waals surface area contributed by atoms with Crippen LogP contribution in [0, 0.1) is 0 Å². The maximum absolute atomic E-state index is 12.4. The molecule has 0 atom stereocenters. The van der Waals surface area contributed by atoms with Crippen LogP contribution >= 0.6 is 12.4 Å². The Bertz CT molecular complexity index is 965. The number of hydrogen-bond acceptors (Lipinski definition) is 4. The first-order chi connectivity index (χ1) is 13.7. The lowest BCUT2D eigenvalue weighted by Crippen LogP contribution is -2.27. The lowest BCUT2D eigenvalue weighted by Gasteiger charge is -2.19. The van der Waals surface area contributed by atoms with Gasteiger partial charge in [0, 0.05) is 19.4 Å². The molecule has 0 spiro atoms. The summed E-state index contributed by atoms with van der Waals surface area (Å²) in [6.45, 7) is 2.00. The number of fused-ring (bicyclic) bond motifs is 1. The van der Waals surface area contributed by atoms with Crippen LogP contribution in [0.5, 0.6) is 0 Å². The van der Waals surface area contributed by atoms with Crippen molar-refractivity contribution in [2.45, 2.75) is 38.0 Å². The Hall–Kier alpha value is -2.44. The number of piperidine rings is 1. The van der Waals surface area contributed by atoms with Gasteiger partial charge in [-0.3, -0.25) is 10.1 Å². The van der Waals surface area contributed by atoms with Crippen LogP contribution in [0.15, 0.2) is 42.5 Å². The molecule has 2 N–H and O–H groups in total. The van der Waals surface area contributed by atoms with Gasteiger partial charge in [-0.15, -0.1) is 12.4 Å². The number of carbonyl (C=O) groups is 1. The topological polar surface area (TPSA) is 71.8 Å². The highest BCUT2D eigenvalue weighted by Crippen LogP contribution is 2.23. The van der Waals surface area contributed by atoms with Crippen LogP contribution in [0.2, 0.25) is 0 Å². The molecule has 1 saturated heterocycles. The number of nitrogens with one attached hydrogen (secondary N) is 2. The second-order valence-electron chi connectivity index (χ2n) is 7.52. The molecule has 7 heteroatoms. The fraction of sp³-hybridized carbons (Fsp3) is 0.409. The predicted molar refractivity (Wildman–Crippen MR) is 119 cm³/mol. The van der Waals surface area contributed by atoms with E-state index in [1.54, 1.807) is 4.68 Å². The molecular formula is C22H28ClN5O. The van der Waals surface area contributed by atoms with Crippen molar-refractivity contribution in [3.8, 4) is 0 Å². The SMILES string of the molecule is Cl.Cn1nc(C2CCNCC2)nc1NC(=O)CCCc1ccc2ccccc2c1. The van der Waals surface area contributed by atoms with Crippen molar-refractivity contribution in [2.75, 3.05) is 18.4 Å². The number of hydrogen-bond donors (Lipinski definition) is 2. The molecule has 4 rings (SSSR count). The summed E-state index contributed by atoms with van der Waals surface area (Å²) in [5.74, 6) is 1.76. The summed E-state index contributed by atoms with van der Waals surface area (Å²) in [4.78, 5) is 16.9. The predicted octanol–water partition coefficient (Wildman–Crippen LogP) is 3.82. The quantitative estimate of drug-likeness (QED) is 0.644. The van der Waals surface area contributed by atoms with E-state index in [-0.39, 0.29) is 18.3 Å². The fourth-order valence-electron chi connectivity index (χ4n) is 3.80. The zero-order valence-electron chi connectivity index (χ0n) is 16.7. The molecule has 154 valence electrons. The van der Waals surface area contributed by atoms with Crippen molar-refractivity contribution in [3.05, 3.63) is 53.9 Å². The van der Waals surface area contributed by atoms with Crippen LogP contribution in [-0.4, -0.2) is 33.8 Å². The van der Waals surface area contributed by atoms with E-state index in [1.807, 2.05) is 7.05 Å². The number of rotatable bonds is 6. The monoisotopic (exact) mass is 413 g/mol. The van der Waals surface area contributed by atoms with E-state index in [4.69, 9.17) is 0 Å². The lowest BCUT2D eigenvalue weighted by molar-refractivity contribution is -0.116. The number of benzene rings is 2. The zero-order chi connectivity index (χ0) is 19.3. The van der Waals surface area contributed by atoms with Gasteiger partial charge in [-0.1, -0.05) is 42.5 Å². The van der Waals surface area contributed by atoms with E-state index in [2.05, 4.69) is 63.2 Å². The van der Waals surface area contributed by atoms with Gasteiger partial charge in [0.25, 0.3) is 0 Å². The van der Waals surface area contributed by atoms with Crippen molar-refractivity contribution in [1.82, 2.24) is 20.1 Å². The van der Waals surface area contributed by atoms with E-state index >= 15 is 0 Å². The number of aromatic nitrogens is 3. The van der Waals surface area contributed by atoms with E-state index in [0.717, 1.165) is 44.6 Å². The molecule has 29 heavy (non-hydrogen) atoms. The summed E-state index contributed by atoms with van der Waals surface area (Å²) < 4.78 is 1.68. The smallest absolute Gasteiger partial charge is 0.227 e. The molecule has 0 radical (unpaired) electrons. The average Bonchev–Trinajstić information content (AvgIpc) is 3.09. The molecule has 1 fully saturated rings. The van der Waals surface area contributed by atoms with Crippen molar-refractivity contribution in [1.29, 1.82) is 0 Å². The van der Waals surface area contributed by atoms with Gasteiger partial charge in [-0.05, 0) is 55.1 Å². The maximum atomic E-state index is 12.4. The Kier molecular flexibility index (Phi) is 7.23. The number of carbonyl (C=O) groups excluding carboxylic acids is 1. The third-order valence-corrected chi connectivity index (χ3v) is 5.42. The molecule has 1 amide bonds. The molecule has 0 aliphatic carbocycles. The van der Waals surface area contributed by atoms with E-state index in [9.17, 15) is 4.79 Å². The van der Waals surface area contributed by atoms with Crippen LogP contribution < -0.4 is 10.6 Å². The Morgan fingerprint density at radius 3 is 2.72 bits per heavy atom. The molecule has 0 unspecified atom stereocenters. The molecule has 1 aliphatic heterocycles. The third-order valence-electron chi connectivity index (χ3n) is 5.42. The summed E-state index contributed by atoms with van der Waals surface area (Å²) in [5.41, 5.74) is 1.26. The highest BCUT2D eigenvalue weighted by Gasteiger charge is 2.21. The van der Waals surface area contributed by atoms with E-state index < -0.39 is 0 Å². The van der Waals surface area contributed by atoms with Gasteiger partial charge in [-0.2, -0.15) is 10.1 Å². The summed E-state index contributed by atoms with van der Waals surface area (Å²) in [5, 5.41) is 13.3. The third kappa shape index (κ3) is 5.34. The van der Waals surface area contributed by atoms with Gasteiger partial charge in [0.2, 0.25) is 11.9 Å². The zero-order valence-corrected chi connectivity index (χ0v) is 17.5. The summed E-state index contributed by atoms with van der Waals surface area (Å²) in [7, 11) is 1.84. The number of anilines is 1. The Morgan fingerprint density at radius 2 is 1.93 bits per heavy atom. The normalized spacial score (nSPS) is 14.5. The van der Waals surface area contributed by atoms with Gasteiger partial charge < -0.3 is 5.32 Å². The van der Waals surface area contributed by atoms with Gasteiger partial charge in [0.15, 0.2) is 5.82 Å². The van der Waals surface area contributed by atoms with Crippen LogP contribution in [0.25, 0.3) is 10.8 Å². The number of nitrogens with zero attached hydrogens (tertiary/aromatic N) is 3. The van der Waals surface area contributed by atoms with Crippen LogP contribution in [0.3, 0.4) is 0 Å². The first kappa shape index (κ1) is 21.3. The van der Waals surface area contributed by atoms with Crippen LogP contribution in [0.4, 0.5) is 5.95 Å². The van der Waals surface area contributed by atoms with Crippen molar-refractivity contribution >= 4 is 35.0 Å². The highest BCUT2D eigenvalue weighted by atomic mass is 35.5. The van der Waals surface area contributed by atoms with Crippen molar-refractivity contribution < 1.29 is 4.79 Å². The Morgan fingerprint density at radius 1 is 1.17 bits per heavy atom. The van der Waals surface area contributed by atoms with Gasteiger partial charge in [-0.25, -0.2) is 4.68 Å². The van der Waals surface area contributed by atoms with Crippen LogP contribution in [-0.2, 0) is 18.3 Å². The highest BCUT2D eigenvalue weighted by molar-refractivity contribution is 5.89. The van der Waals surface area contributed by atoms with Gasteiger partial charge in [0.05, 0.1) is 0 Å². The molecule has 2 heterocycles. The van der Waals surface area contributed by atoms with E-state index in [1.165, 1.54) is 16.3 Å². The minimum atomic E-state index is -0.00634. The maximum Gasteiger partial charge on any atom is 0.227 e. The summed E-state index contributed by atoms with van der Waals surface area (Å²) >= 11 is 0. The first-order valence-electron chi connectivity index (χ1n) is 10.1. The van der Waals surface area contributed by atoms with E-state index in [0.29, 0.717) is 18.3 Å². The second kappa shape index (κ2) is 9.85. The fourth-order valence-corrected chi connectivity index (χ4v) is 3.80. The minimum absolute atomic E-state index is 0. The molecular weight excluding hydrogens is 386 g/mol. The standard InChI is InChI=1S/C22H27N5O.ClH/c1-27-22(25-21(26-27)18-11-13-23-14-12-18)24-20(28)8-4-5-16-9-10-17-6-2-3-7-19(17)15-16;/h2-3,6-7,9-10,15,18,23H,4-5,8,11-14H2,1H3,(H,24,25,26,28);1H. The molecule has 1 aromatic heterocycles. The lowest BCUT2D eigenvalue weighted by atomic mass is 9.98. The number of amides is 1. The van der Waals surface area contributed by atoms with Gasteiger partial charge >= 0.3 is 0 Å². The number of halogens is 1. The molecule has 1 aliphatic rings. The average molecular weight is 414 g/mol. The molecule has 6 nitrogen and oxygen atoms in total. The van der Waals surface area contributed by atoms with Crippen molar-refractivity contribution in [3.63, 3.8) is 0 Å². The second-order valence-corrected chi connectivity index (χ2v) is 7.52. The summed E-state index contributed by atoms with van der Waals surface area (Å²) in [6.07, 6.45) is 4.26. The van der Waals surface area contributed by atoms with Crippen LogP contribution in [0.1, 0.15) is 43.0 Å². The molecule has 3 aromatic rings. The summed E-state index contributed by atoms with van der Waals surface area (Å²) in [6, 6.07) is 14.8. The molecule has 0 saturated carbocycles. The first-order valence-corrected chi connectivity index (χ1v) is 10.1. The Balaban J connectivity index is 0.00000240. The van der Waals surface area contributed by atoms with Crippen molar-refractivity contribution in [2.24, 2.45) is 7.05 Å². The minimum Gasteiger partial charge on any atom is -0.317 e. The molecule has 2 aromatic carbocycles. The number of aryl methyl sites for hydroxylation is 2. The van der Waals surface area contributed by atoms with Gasteiger partial charge in [0.1, 0.15) is 0 Å². The largest absolute Gasteiger partial charge is 0.317 e.